The van der Waals surface area contributed by atoms with Crippen LogP contribution in [0, 0.1) is 0 Å². The molecule has 2 N–H and O–H groups in total. The van der Waals surface area contributed by atoms with Crippen LogP contribution in [0.25, 0.3) is 0 Å². The molecule has 0 saturated heterocycles. The van der Waals surface area contributed by atoms with Gasteiger partial charge < -0.3 is 9.84 Å². The number of halogens is 1. The maximum absolute atomic E-state index is 11.9. The molecule has 6 nitrogen and oxygen atoms in total. The fourth-order valence-corrected chi connectivity index (χ4v) is 2.15. The Bertz CT molecular complexity index is 759. The van der Waals surface area contributed by atoms with E-state index in [9.17, 15) is 9.59 Å². The lowest BCUT2D eigenvalue weighted by molar-refractivity contribution is -0.144. The molecule has 1 amide bonds. The number of nitrogens with one attached hydrogen (secondary N) is 1. The second-order valence-corrected chi connectivity index (χ2v) is 5.79. The Morgan fingerprint density at radius 3 is 2.58 bits per heavy atom. The number of nitrogens with zero attached hydrogens (tertiary/aromatic N) is 1. The van der Waals surface area contributed by atoms with Crippen LogP contribution in [0.5, 0.6) is 5.75 Å². The van der Waals surface area contributed by atoms with E-state index in [2.05, 4.69) is 26.5 Å². The molecule has 0 heterocycles. The second kappa shape index (κ2) is 8.26. The van der Waals surface area contributed by atoms with E-state index in [1.165, 1.54) is 13.1 Å². The van der Waals surface area contributed by atoms with Gasteiger partial charge >= 0.3 is 5.97 Å². The molecule has 0 bridgehead atoms. The smallest absolute Gasteiger partial charge is 0.344 e. The van der Waals surface area contributed by atoms with Crippen molar-refractivity contribution in [2.75, 3.05) is 0 Å². The summed E-state index contributed by atoms with van der Waals surface area (Å²) in [7, 11) is 0. The molecule has 2 rings (SSSR count). The highest BCUT2D eigenvalue weighted by Gasteiger charge is 2.11. The number of carbonyl (C=O) groups excluding carboxylic acids is 1. The molecular weight excluding hydrogens is 376 g/mol. The highest BCUT2D eigenvalue weighted by atomic mass is 79.9. The monoisotopic (exact) mass is 390 g/mol. The van der Waals surface area contributed by atoms with E-state index in [0.717, 1.165) is 10.0 Å². The Morgan fingerprint density at radius 1 is 1.25 bits per heavy atom. The van der Waals surface area contributed by atoms with Gasteiger partial charge in [-0.2, -0.15) is 5.10 Å². The maximum Gasteiger partial charge on any atom is 0.344 e. The Hall–Kier alpha value is -2.67. The summed E-state index contributed by atoms with van der Waals surface area (Å²) in [6.07, 6.45) is 0.564. The fourth-order valence-electron chi connectivity index (χ4n) is 1.75. The van der Waals surface area contributed by atoms with Gasteiger partial charge in [0.15, 0.2) is 6.10 Å². The summed E-state index contributed by atoms with van der Waals surface area (Å²) >= 11 is 3.30. The molecular formula is C17H15BrN2O4. The van der Waals surface area contributed by atoms with Gasteiger partial charge in [0.25, 0.3) is 5.91 Å². The van der Waals surface area contributed by atoms with Crippen molar-refractivity contribution >= 4 is 34.0 Å². The van der Waals surface area contributed by atoms with E-state index < -0.39 is 12.1 Å². The first-order chi connectivity index (χ1) is 11.5. The summed E-state index contributed by atoms with van der Waals surface area (Å²) in [6, 6.07) is 13.7. The van der Waals surface area contributed by atoms with Crippen molar-refractivity contribution in [3.63, 3.8) is 0 Å². The van der Waals surface area contributed by atoms with Crippen LogP contribution in [0.3, 0.4) is 0 Å². The van der Waals surface area contributed by atoms with Gasteiger partial charge in [-0.05, 0) is 55.0 Å². The number of carbonyl (C=O) groups is 2. The minimum atomic E-state index is -1.03. The zero-order chi connectivity index (χ0) is 17.5. The fraction of sp³-hybridized carbons (Fsp3) is 0.118. The molecule has 1 atom stereocenters. The summed E-state index contributed by atoms with van der Waals surface area (Å²) < 4.78 is 6.03. The largest absolute Gasteiger partial charge is 0.479 e. The van der Waals surface area contributed by atoms with Crippen molar-refractivity contribution < 1.29 is 19.4 Å². The molecule has 0 aliphatic carbocycles. The SMILES string of the molecule is C[C@@H](Oc1ccc(/C=N\NC(=O)c2cccc(Br)c2)cc1)C(=O)O. The number of hydrogen-bond donors (Lipinski definition) is 2. The summed E-state index contributed by atoms with van der Waals surface area (Å²) in [5, 5.41) is 12.7. The van der Waals surface area contributed by atoms with Crippen LogP contribution in [0.1, 0.15) is 22.8 Å². The number of amides is 1. The van der Waals surface area contributed by atoms with Crippen molar-refractivity contribution in [1.29, 1.82) is 0 Å². The van der Waals surface area contributed by atoms with Crippen LogP contribution < -0.4 is 10.2 Å². The Labute approximate surface area is 147 Å². The standard InChI is InChI=1S/C17H15BrN2O4/c1-11(17(22)23)24-15-7-5-12(6-8-15)10-19-20-16(21)13-3-2-4-14(18)9-13/h2-11H,1H3,(H,20,21)(H,22,23)/b19-10-/t11-/m1/s1. The van der Waals surface area contributed by atoms with Crippen LogP contribution in [0.4, 0.5) is 0 Å². The first-order valence-corrected chi connectivity index (χ1v) is 7.83. The lowest BCUT2D eigenvalue weighted by Gasteiger charge is -2.09. The summed E-state index contributed by atoms with van der Waals surface area (Å²) in [5.41, 5.74) is 3.67. The lowest BCUT2D eigenvalue weighted by atomic mass is 10.2. The first kappa shape index (κ1) is 17.7. The van der Waals surface area contributed by atoms with Gasteiger partial charge in [0.05, 0.1) is 6.21 Å². The normalized spacial score (nSPS) is 11.9. The predicted molar refractivity (Wildman–Crippen MR) is 93.4 cm³/mol. The maximum atomic E-state index is 11.9. The molecule has 7 heteroatoms. The van der Waals surface area contributed by atoms with E-state index in [0.29, 0.717) is 11.3 Å². The van der Waals surface area contributed by atoms with Gasteiger partial charge in [-0.3, -0.25) is 4.79 Å². The minimum Gasteiger partial charge on any atom is -0.479 e. The molecule has 0 aromatic heterocycles. The van der Waals surface area contributed by atoms with E-state index in [1.807, 2.05) is 6.07 Å². The Kier molecular flexibility index (Phi) is 6.08. The van der Waals surface area contributed by atoms with E-state index in [-0.39, 0.29) is 5.91 Å². The van der Waals surface area contributed by atoms with Crippen LogP contribution in [-0.4, -0.2) is 29.3 Å². The Morgan fingerprint density at radius 2 is 1.96 bits per heavy atom. The van der Waals surface area contributed by atoms with Gasteiger partial charge in [-0.25, -0.2) is 10.2 Å². The number of benzene rings is 2. The third-order valence-corrected chi connectivity index (χ3v) is 3.50. The van der Waals surface area contributed by atoms with Crippen molar-refractivity contribution in [2.24, 2.45) is 5.10 Å². The van der Waals surface area contributed by atoms with Gasteiger partial charge in [0, 0.05) is 10.0 Å². The Balaban J connectivity index is 1.92. The number of hydrazone groups is 1. The summed E-state index contributed by atoms with van der Waals surface area (Å²) in [4.78, 5) is 22.6. The van der Waals surface area contributed by atoms with Gasteiger partial charge in [0.2, 0.25) is 0 Å². The topological polar surface area (TPSA) is 88.0 Å². The van der Waals surface area contributed by atoms with Gasteiger partial charge in [-0.1, -0.05) is 22.0 Å². The number of rotatable bonds is 6. The molecule has 0 saturated carbocycles. The van der Waals surface area contributed by atoms with Crippen LogP contribution in [-0.2, 0) is 4.79 Å². The summed E-state index contributed by atoms with van der Waals surface area (Å²) in [5.74, 6) is -0.904. The average Bonchev–Trinajstić information content (AvgIpc) is 2.56. The zero-order valence-electron chi connectivity index (χ0n) is 12.8. The predicted octanol–water partition coefficient (Wildman–Crippen LogP) is 3.06. The zero-order valence-corrected chi connectivity index (χ0v) is 14.4. The molecule has 124 valence electrons. The van der Waals surface area contributed by atoms with E-state index >= 15 is 0 Å². The molecule has 0 aliphatic rings. The molecule has 2 aromatic carbocycles. The average molecular weight is 391 g/mol. The number of hydrogen-bond acceptors (Lipinski definition) is 4. The molecule has 0 radical (unpaired) electrons. The minimum absolute atomic E-state index is 0.317. The number of aliphatic carboxylic acids is 1. The number of carboxylic acid groups (broad SMARTS) is 1. The van der Waals surface area contributed by atoms with Crippen LogP contribution in [0.2, 0.25) is 0 Å². The van der Waals surface area contributed by atoms with Crippen molar-refractivity contribution in [1.82, 2.24) is 5.43 Å². The number of ether oxygens (including phenoxy) is 1. The second-order valence-electron chi connectivity index (χ2n) is 4.88. The number of carboxylic acids is 1. The third-order valence-electron chi connectivity index (χ3n) is 3.01. The highest BCUT2D eigenvalue weighted by molar-refractivity contribution is 9.10. The molecule has 24 heavy (non-hydrogen) atoms. The van der Waals surface area contributed by atoms with E-state index in [1.54, 1.807) is 42.5 Å². The first-order valence-electron chi connectivity index (χ1n) is 7.04. The molecule has 0 fully saturated rings. The van der Waals surface area contributed by atoms with Gasteiger partial charge in [-0.15, -0.1) is 0 Å². The van der Waals surface area contributed by atoms with E-state index in [4.69, 9.17) is 9.84 Å². The third kappa shape index (κ3) is 5.20. The van der Waals surface area contributed by atoms with Crippen molar-refractivity contribution in [3.05, 3.63) is 64.1 Å². The molecule has 0 aliphatic heterocycles. The summed E-state index contributed by atoms with van der Waals surface area (Å²) in [6.45, 7) is 1.45. The molecule has 0 spiro atoms. The quantitative estimate of drug-likeness (QED) is 0.585. The van der Waals surface area contributed by atoms with Gasteiger partial charge in [0.1, 0.15) is 5.75 Å². The van der Waals surface area contributed by atoms with Crippen molar-refractivity contribution in [2.45, 2.75) is 13.0 Å². The molecule has 0 unspecified atom stereocenters. The highest BCUT2D eigenvalue weighted by Crippen LogP contribution is 2.13. The van der Waals surface area contributed by atoms with Crippen molar-refractivity contribution in [3.8, 4) is 5.75 Å². The van der Waals surface area contributed by atoms with Crippen LogP contribution >= 0.6 is 15.9 Å². The molecule has 2 aromatic rings. The van der Waals surface area contributed by atoms with Crippen LogP contribution in [0.15, 0.2) is 58.1 Å². The lowest BCUT2D eigenvalue weighted by Crippen LogP contribution is -2.22.